The van der Waals surface area contributed by atoms with E-state index in [-0.39, 0.29) is 0 Å². The Morgan fingerprint density at radius 3 is 1.03 bits per heavy atom. The van der Waals surface area contributed by atoms with Gasteiger partial charge in [-0.1, -0.05) is 173 Å². The van der Waals surface area contributed by atoms with E-state index in [1.165, 1.54) is 154 Å². The van der Waals surface area contributed by atoms with Crippen molar-refractivity contribution in [3.63, 3.8) is 0 Å². The number of unbranched alkanes of at least 4 members (excludes halogenated alkanes) is 23. The number of carbonyl (C=O) groups excluding carboxylic acids is 1. The van der Waals surface area contributed by atoms with Crippen LogP contribution >= 0.6 is 11.8 Å². The average Bonchev–Trinajstić information content (AvgIpc) is 2.80. The molecule has 0 aromatic rings. The first kappa shape index (κ1) is 32.0. The van der Waals surface area contributed by atoms with Crippen molar-refractivity contribution in [1.29, 1.82) is 0 Å². The van der Waals surface area contributed by atoms with E-state index in [4.69, 9.17) is 0 Å². The maximum absolute atomic E-state index is 12.0. The highest BCUT2D eigenvalue weighted by Crippen LogP contribution is 2.17. The highest BCUT2D eigenvalue weighted by Gasteiger charge is 2.02. The topological polar surface area (TPSA) is 17.1 Å². The van der Waals surface area contributed by atoms with Gasteiger partial charge in [-0.05, 0) is 12.8 Å². The Hall–Kier alpha value is 0.0200. The third kappa shape index (κ3) is 28.1. The maximum Gasteiger partial charge on any atom is 0.188 e. The summed E-state index contributed by atoms with van der Waals surface area (Å²) in [7, 11) is 0. The minimum Gasteiger partial charge on any atom is -0.287 e. The van der Waals surface area contributed by atoms with Gasteiger partial charge in [0.25, 0.3) is 0 Å². The Balaban J connectivity index is 3.13. The molecule has 0 saturated carbocycles. The predicted octanol–water partition coefficient (Wildman–Crippen LogP) is 11.4. The van der Waals surface area contributed by atoms with Crippen molar-refractivity contribution in [2.24, 2.45) is 0 Å². The van der Waals surface area contributed by atoms with Crippen LogP contribution in [0.2, 0.25) is 0 Å². The summed E-state index contributed by atoms with van der Waals surface area (Å²) in [4.78, 5) is 12.0. The van der Waals surface area contributed by atoms with Crippen LogP contribution in [0.3, 0.4) is 0 Å². The molecule has 0 heterocycles. The lowest BCUT2D eigenvalue weighted by Gasteiger charge is -2.04. The number of rotatable bonds is 27. The summed E-state index contributed by atoms with van der Waals surface area (Å²) in [6.45, 7) is 4.57. The predicted molar refractivity (Wildman–Crippen MR) is 149 cm³/mol. The zero-order valence-corrected chi connectivity index (χ0v) is 23.2. The van der Waals surface area contributed by atoms with Gasteiger partial charge in [-0.3, -0.25) is 4.79 Å². The molecule has 0 saturated heterocycles. The zero-order valence-electron chi connectivity index (χ0n) is 22.4. The van der Waals surface area contributed by atoms with Crippen LogP contribution in [0, 0.1) is 0 Å². The molecule has 0 unspecified atom stereocenters. The van der Waals surface area contributed by atoms with Gasteiger partial charge in [0.2, 0.25) is 0 Å². The molecule has 192 valence electrons. The molecule has 0 amide bonds. The van der Waals surface area contributed by atoms with Crippen molar-refractivity contribution in [2.75, 3.05) is 5.75 Å². The van der Waals surface area contributed by atoms with Crippen LogP contribution in [0.5, 0.6) is 0 Å². The Morgan fingerprint density at radius 2 is 0.688 bits per heavy atom. The van der Waals surface area contributed by atoms with Crippen LogP contribution in [0.4, 0.5) is 0 Å². The largest absolute Gasteiger partial charge is 0.287 e. The van der Waals surface area contributed by atoms with Crippen LogP contribution in [-0.2, 0) is 4.79 Å². The van der Waals surface area contributed by atoms with E-state index in [1.54, 1.807) is 11.8 Å². The van der Waals surface area contributed by atoms with Gasteiger partial charge in [0.1, 0.15) is 0 Å². The smallest absolute Gasteiger partial charge is 0.188 e. The minimum absolute atomic E-state index is 0.440. The lowest BCUT2D eigenvalue weighted by atomic mass is 10.0. The van der Waals surface area contributed by atoms with E-state index in [9.17, 15) is 4.79 Å². The molecule has 0 aliphatic rings. The van der Waals surface area contributed by atoms with E-state index in [2.05, 4.69) is 13.8 Å². The van der Waals surface area contributed by atoms with Gasteiger partial charge < -0.3 is 0 Å². The number of hydrogen-bond acceptors (Lipinski definition) is 2. The molecule has 1 nitrogen and oxygen atoms in total. The van der Waals surface area contributed by atoms with Crippen molar-refractivity contribution in [3.05, 3.63) is 0 Å². The van der Waals surface area contributed by atoms with Crippen molar-refractivity contribution >= 4 is 16.9 Å². The fraction of sp³-hybridized carbons (Fsp3) is 0.967. The molecule has 0 radical (unpaired) electrons. The summed E-state index contributed by atoms with van der Waals surface area (Å²) >= 11 is 1.60. The Morgan fingerprint density at radius 1 is 0.406 bits per heavy atom. The highest BCUT2D eigenvalue weighted by molar-refractivity contribution is 8.13. The molecule has 0 N–H and O–H groups in total. The van der Waals surface area contributed by atoms with E-state index >= 15 is 0 Å². The summed E-state index contributed by atoms with van der Waals surface area (Å²) in [5, 5.41) is 0.440. The van der Waals surface area contributed by atoms with Crippen LogP contribution in [0.15, 0.2) is 0 Å². The van der Waals surface area contributed by atoms with Gasteiger partial charge >= 0.3 is 0 Å². The first-order chi connectivity index (χ1) is 15.8. The Labute approximate surface area is 208 Å². The van der Waals surface area contributed by atoms with Crippen molar-refractivity contribution < 1.29 is 4.79 Å². The summed E-state index contributed by atoms with van der Waals surface area (Å²) in [5.41, 5.74) is 0. The molecule has 0 aromatic carbocycles. The fourth-order valence-corrected chi connectivity index (χ4v) is 5.35. The van der Waals surface area contributed by atoms with Gasteiger partial charge in [-0.15, -0.1) is 0 Å². The normalized spacial score (nSPS) is 11.3. The summed E-state index contributed by atoms with van der Waals surface area (Å²) in [6.07, 6.45) is 35.3. The summed E-state index contributed by atoms with van der Waals surface area (Å²) < 4.78 is 0. The lowest BCUT2D eigenvalue weighted by Crippen LogP contribution is -1.94. The van der Waals surface area contributed by atoms with E-state index in [0.29, 0.717) is 5.12 Å². The molecule has 0 fully saturated rings. The monoisotopic (exact) mass is 468 g/mol. The van der Waals surface area contributed by atoms with Gasteiger partial charge in [0.15, 0.2) is 5.12 Å². The lowest BCUT2D eigenvalue weighted by molar-refractivity contribution is -0.111. The van der Waals surface area contributed by atoms with Gasteiger partial charge in [-0.25, -0.2) is 0 Å². The number of thioether (sulfide) groups is 1. The molecular formula is C30H60OS. The number of carbonyl (C=O) groups is 1. The molecule has 0 aromatic heterocycles. The molecule has 2 heteroatoms. The molecule has 32 heavy (non-hydrogen) atoms. The van der Waals surface area contributed by atoms with Gasteiger partial charge in [-0.2, -0.15) is 0 Å². The molecule has 0 spiro atoms. The third-order valence-corrected chi connectivity index (χ3v) is 7.76. The summed E-state index contributed by atoms with van der Waals surface area (Å²) in [5.74, 6) is 1.05. The molecular weight excluding hydrogens is 408 g/mol. The second-order valence-electron chi connectivity index (χ2n) is 10.1. The number of hydrogen-bond donors (Lipinski definition) is 0. The first-order valence-corrected chi connectivity index (χ1v) is 16.0. The van der Waals surface area contributed by atoms with E-state index < -0.39 is 0 Å². The third-order valence-electron chi connectivity index (χ3n) is 6.75. The van der Waals surface area contributed by atoms with Gasteiger partial charge in [0, 0.05) is 12.2 Å². The molecule has 0 bridgehead atoms. The molecule has 0 aliphatic heterocycles. The van der Waals surface area contributed by atoms with Crippen molar-refractivity contribution in [3.8, 4) is 0 Å². The second-order valence-corrected chi connectivity index (χ2v) is 11.3. The average molecular weight is 469 g/mol. The van der Waals surface area contributed by atoms with Crippen molar-refractivity contribution in [1.82, 2.24) is 0 Å². The van der Waals surface area contributed by atoms with Crippen LogP contribution in [0.25, 0.3) is 0 Å². The summed E-state index contributed by atoms with van der Waals surface area (Å²) in [6, 6.07) is 0. The minimum atomic E-state index is 0.440. The second kappa shape index (κ2) is 29.1. The van der Waals surface area contributed by atoms with Gasteiger partial charge in [0.05, 0.1) is 0 Å². The van der Waals surface area contributed by atoms with Crippen LogP contribution in [0.1, 0.15) is 181 Å². The fourth-order valence-electron chi connectivity index (χ4n) is 4.49. The molecule has 0 rings (SSSR count). The van der Waals surface area contributed by atoms with E-state index in [1.807, 2.05) is 0 Å². The first-order valence-electron chi connectivity index (χ1n) is 15.0. The van der Waals surface area contributed by atoms with Crippen LogP contribution in [-0.4, -0.2) is 10.9 Å². The van der Waals surface area contributed by atoms with Crippen molar-refractivity contribution in [2.45, 2.75) is 181 Å². The maximum atomic E-state index is 12.0. The Bertz CT molecular complexity index is 355. The SMILES string of the molecule is CCCCCCCCCCCCCCCCCC(=O)SCCCCCCCCCCCC. The Kier molecular flexibility index (Phi) is 29.1. The standard InChI is InChI=1S/C30H60OS/c1-3-5-7-9-11-13-15-16-17-18-19-20-22-24-26-28-30(31)32-29-27-25-23-21-14-12-10-8-6-4-2/h3-29H2,1-2H3. The van der Waals surface area contributed by atoms with Crippen LogP contribution < -0.4 is 0 Å². The highest BCUT2D eigenvalue weighted by atomic mass is 32.2. The molecule has 0 aliphatic carbocycles. The molecule has 0 atom stereocenters. The quantitative estimate of drug-likeness (QED) is 0.111. The zero-order chi connectivity index (χ0) is 23.4. The van der Waals surface area contributed by atoms with E-state index in [0.717, 1.165) is 18.6 Å².